The Hall–Kier alpha value is -1.88. The Morgan fingerprint density at radius 3 is 2.21 bits per heavy atom. The fourth-order valence-corrected chi connectivity index (χ4v) is 3.27. The normalized spacial score (nSPS) is 16.0. The molecule has 2 amide bonds. The maximum Gasteiger partial charge on any atom is 0.253 e. The number of nitrogens with one attached hydrogen (secondary N) is 1. The highest BCUT2D eigenvalue weighted by Crippen LogP contribution is 2.27. The molecule has 0 heterocycles. The van der Waals surface area contributed by atoms with Gasteiger partial charge in [-0.15, -0.1) is 0 Å². The van der Waals surface area contributed by atoms with Crippen LogP contribution in [0.25, 0.3) is 0 Å². The number of amides is 2. The van der Waals surface area contributed by atoms with Crippen LogP contribution in [-0.2, 0) is 0 Å². The first-order valence-corrected chi connectivity index (χ1v) is 8.92. The van der Waals surface area contributed by atoms with E-state index in [0.717, 1.165) is 25.7 Å². The summed E-state index contributed by atoms with van der Waals surface area (Å²) in [5, 5.41) is 12.9. The first kappa shape index (κ1) is 18.5. The molecule has 1 aromatic rings. The van der Waals surface area contributed by atoms with E-state index in [4.69, 9.17) is 0 Å². The Labute approximate surface area is 144 Å². The predicted octanol–water partition coefficient (Wildman–Crippen LogP) is 2.45. The zero-order valence-electron chi connectivity index (χ0n) is 14.6. The molecule has 1 saturated carbocycles. The van der Waals surface area contributed by atoms with Crippen LogP contribution < -0.4 is 5.32 Å². The first-order valence-electron chi connectivity index (χ1n) is 8.92. The molecule has 1 fully saturated rings. The molecular weight excluding hydrogens is 304 g/mol. The number of benzene rings is 1. The molecule has 2 N–H and O–H groups in total. The fraction of sp³-hybridized carbons (Fsp3) is 0.579. The number of hydrogen-bond acceptors (Lipinski definition) is 3. The van der Waals surface area contributed by atoms with Gasteiger partial charge in [-0.1, -0.05) is 12.8 Å². The van der Waals surface area contributed by atoms with Gasteiger partial charge in [-0.3, -0.25) is 9.59 Å². The van der Waals surface area contributed by atoms with E-state index in [0.29, 0.717) is 30.1 Å². The van der Waals surface area contributed by atoms with E-state index in [9.17, 15) is 14.7 Å². The average molecular weight is 332 g/mol. The summed E-state index contributed by atoms with van der Waals surface area (Å²) in [6, 6.07) is 6.69. The third-order valence-corrected chi connectivity index (χ3v) is 4.86. The highest BCUT2D eigenvalue weighted by Gasteiger charge is 2.23. The maximum atomic E-state index is 12.2. The van der Waals surface area contributed by atoms with E-state index in [-0.39, 0.29) is 18.4 Å². The molecule has 1 aromatic carbocycles. The molecule has 0 bridgehead atoms. The predicted molar refractivity (Wildman–Crippen MR) is 94.0 cm³/mol. The van der Waals surface area contributed by atoms with E-state index in [2.05, 4.69) is 5.32 Å². The van der Waals surface area contributed by atoms with Crippen LogP contribution in [0.2, 0.25) is 0 Å². The maximum absolute atomic E-state index is 12.2. The smallest absolute Gasteiger partial charge is 0.253 e. The van der Waals surface area contributed by atoms with Gasteiger partial charge in [-0.25, -0.2) is 0 Å². The van der Waals surface area contributed by atoms with Gasteiger partial charge in [0.2, 0.25) is 0 Å². The van der Waals surface area contributed by atoms with Gasteiger partial charge in [-0.2, -0.15) is 0 Å². The SMILES string of the molecule is CCN(CC)C(=O)c1ccc(C(=O)NCC(O)C2CCCC2)cc1. The number of nitrogens with zero attached hydrogens (tertiary/aromatic N) is 1. The second kappa shape index (κ2) is 8.83. The lowest BCUT2D eigenvalue weighted by molar-refractivity contribution is 0.0772. The van der Waals surface area contributed by atoms with Crippen molar-refractivity contribution in [2.75, 3.05) is 19.6 Å². The van der Waals surface area contributed by atoms with Gasteiger partial charge in [0.1, 0.15) is 0 Å². The minimum Gasteiger partial charge on any atom is -0.391 e. The van der Waals surface area contributed by atoms with Crippen molar-refractivity contribution in [3.63, 3.8) is 0 Å². The molecule has 0 aromatic heterocycles. The van der Waals surface area contributed by atoms with Gasteiger partial charge >= 0.3 is 0 Å². The van der Waals surface area contributed by atoms with Crippen molar-refractivity contribution in [2.45, 2.75) is 45.6 Å². The number of rotatable bonds is 7. The molecule has 2 rings (SSSR count). The summed E-state index contributed by atoms with van der Waals surface area (Å²) in [7, 11) is 0. The Morgan fingerprint density at radius 2 is 1.67 bits per heavy atom. The number of aliphatic hydroxyl groups is 1. The zero-order chi connectivity index (χ0) is 17.5. The number of carbonyl (C=O) groups is 2. The van der Waals surface area contributed by atoms with Crippen LogP contribution in [0, 0.1) is 5.92 Å². The van der Waals surface area contributed by atoms with Crippen molar-refractivity contribution in [1.29, 1.82) is 0 Å². The molecule has 5 nitrogen and oxygen atoms in total. The molecule has 1 atom stereocenters. The highest BCUT2D eigenvalue weighted by molar-refractivity contribution is 5.97. The van der Waals surface area contributed by atoms with Crippen molar-refractivity contribution >= 4 is 11.8 Å². The van der Waals surface area contributed by atoms with Gasteiger partial charge in [0.05, 0.1) is 6.10 Å². The van der Waals surface area contributed by atoms with Gasteiger partial charge < -0.3 is 15.3 Å². The molecule has 132 valence electrons. The summed E-state index contributed by atoms with van der Waals surface area (Å²) < 4.78 is 0. The van der Waals surface area contributed by atoms with Crippen LogP contribution in [0.1, 0.15) is 60.2 Å². The average Bonchev–Trinajstić information content (AvgIpc) is 3.15. The van der Waals surface area contributed by atoms with Gasteiger partial charge in [0, 0.05) is 30.8 Å². The second-order valence-corrected chi connectivity index (χ2v) is 6.38. The molecule has 1 unspecified atom stereocenters. The fourth-order valence-electron chi connectivity index (χ4n) is 3.27. The Bertz CT molecular complexity index is 546. The summed E-state index contributed by atoms with van der Waals surface area (Å²) in [6.07, 6.45) is 3.94. The molecule has 5 heteroatoms. The standard InChI is InChI=1S/C19H28N2O3/c1-3-21(4-2)19(24)16-11-9-15(10-12-16)18(23)20-13-17(22)14-7-5-6-8-14/h9-12,14,17,22H,3-8,13H2,1-2H3,(H,20,23). The third-order valence-electron chi connectivity index (χ3n) is 4.86. The quantitative estimate of drug-likeness (QED) is 0.806. The van der Waals surface area contributed by atoms with Crippen LogP contribution in [-0.4, -0.2) is 47.6 Å². The topological polar surface area (TPSA) is 69.6 Å². The second-order valence-electron chi connectivity index (χ2n) is 6.38. The van der Waals surface area contributed by atoms with Crippen LogP contribution in [0.3, 0.4) is 0 Å². The number of carbonyl (C=O) groups excluding carboxylic acids is 2. The van der Waals surface area contributed by atoms with Crippen LogP contribution >= 0.6 is 0 Å². The van der Waals surface area contributed by atoms with Gasteiger partial charge in [0.15, 0.2) is 0 Å². The monoisotopic (exact) mass is 332 g/mol. The first-order chi connectivity index (χ1) is 11.6. The van der Waals surface area contributed by atoms with Crippen LogP contribution in [0.5, 0.6) is 0 Å². The lowest BCUT2D eigenvalue weighted by Crippen LogP contribution is -2.35. The molecular formula is C19H28N2O3. The molecule has 0 saturated heterocycles. The highest BCUT2D eigenvalue weighted by atomic mass is 16.3. The molecule has 0 aliphatic heterocycles. The van der Waals surface area contributed by atoms with Crippen molar-refractivity contribution < 1.29 is 14.7 Å². The Morgan fingerprint density at radius 1 is 1.12 bits per heavy atom. The lowest BCUT2D eigenvalue weighted by Gasteiger charge is -2.19. The minimum absolute atomic E-state index is 0.0244. The van der Waals surface area contributed by atoms with E-state index in [1.165, 1.54) is 0 Å². The number of hydrogen-bond donors (Lipinski definition) is 2. The van der Waals surface area contributed by atoms with Crippen molar-refractivity contribution in [3.05, 3.63) is 35.4 Å². The number of aliphatic hydroxyl groups excluding tert-OH is 1. The molecule has 24 heavy (non-hydrogen) atoms. The molecule has 1 aliphatic rings. The van der Waals surface area contributed by atoms with E-state index < -0.39 is 6.10 Å². The van der Waals surface area contributed by atoms with E-state index in [1.54, 1.807) is 29.2 Å². The largest absolute Gasteiger partial charge is 0.391 e. The summed E-state index contributed by atoms with van der Waals surface area (Å²) in [6.45, 7) is 5.49. The minimum atomic E-state index is -0.472. The zero-order valence-corrected chi connectivity index (χ0v) is 14.6. The molecule has 1 aliphatic carbocycles. The van der Waals surface area contributed by atoms with Crippen molar-refractivity contribution in [1.82, 2.24) is 10.2 Å². The summed E-state index contributed by atoms with van der Waals surface area (Å²) in [5.74, 6) is 0.0665. The van der Waals surface area contributed by atoms with Gasteiger partial charge in [-0.05, 0) is 56.9 Å². The summed E-state index contributed by atoms with van der Waals surface area (Å²) in [5.41, 5.74) is 1.09. The van der Waals surface area contributed by atoms with Gasteiger partial charge in [0.25, 0.3) is 11.8 Å². The van der Waals surface area contributed by atoms with Crippen molar-refractivity contribution in [3.8, 4) is 0 Å². The van der Waals surface area contributed by atoms with Crippen molar-refractivity contribution in [2.24, 2.45) is 5.92 Å². The summed E-state index contributed by atoms with van der Waals surface area (Å²) in [4.78, 5) is 26.2. The lowest BCUT2D eigenvalue weighted by atomic mass is 10.0. The van der Waals surface area contributed by atoms with E-state index >= 15 is 0 Å². The van der Waals surface area contributed by atoms with Crippen LogP contribution in [0.4, 0.5) is 0 Å². The van der Waals surface area contributed by atoms with E-state index in [1.807, 2.05) is 13.8 Å². The Kier molecular flexibility index (Phi) is 6.79. The summed E-state index contributed by atoms with van der Waals surface area (Å²) >= 11 is 0. The van der Waals surface area contributed by atoms with Crippen LogP contribution in [0.15, 0.2) is 24.3 Å². The molecule has 0 radical (unpaired) electrons. The third kappa shape index (κ3) is 4.57. The Balaban J connectivity index is 1.89. The molecule has 0 spiro atoms.